The predicted octanol–water partition coefficient (Wildman–Crippen LogP) is 5.43. The van der Waals surface area contributed by atoms with Crippen molar-refractivity contribution in [3.63, 3.8) is 0 Å². The number of hydrogen-bond acceptors (Lipinski definition) is 5. The van der Waals surface area contributed by atoms with Gasteiger partial charge in [0.1, 0.15) is 23.1 Å². The van der Waals surface area contributed by atoms with Crippen LogP contribution in [-0.4, -0.2) is 56.2 Å². The van der Waals surface area contributed by atoms with Crippen molar-refractivity contribution >= 4 is 27.4 Å². The van der Waals surface area contributed by atoms with Gasteiger partial charge >= 0.3 is 18.3 Å². The van der Waals surface area contributed by atoms with E-state index in [9.17, 15) is 43.9 Å². The maximum atomic E-state index is 14.0. The molecule has 1 aliphatic heterocycles. The Morgan fingerprint density at radius 1 is 1.13 bits per heavy atom. The third-order valence-electron chi connectivity index (χ3n) is 6.03. The quantitative estimate of drug-likeness (QED) is 0.446. The van der Waals surface area contributed by atoms with Gasteiger partial charge < -0.3 is 14.7 Å². The van der Waals surface area contributed by atoms with Crippen LogP contribution >= 0.6 is 0 Å². The fraction of sp³-hybridized carbons (Fsp3) is 0.435. The predicted molar refractivity (Wildman–Crippen MR) is 121 cm³/mol. The normalized spacial score (nSPS) is 19.0. The molecule has 0 amide bonds. The number of nitrogens with zero attached hydrogens (tertiary/aromatic N) is 2. The van der Waals surface area contributed by atoms with Gasteiger partial charge in [-0.3, -0.25) is 4.79 Å². The van der Waals surface area contributed by atoms with E-state index in [0.29, 0.717) is 16.4 Å². The molecular weight excluding hydrogens is 549 g/mol. The van der Waals surface area contributed by atoms with E-state index in [0.717, 1.165) is 36.2 Å². The summed E-state index contributed by atoms with van der Waals surface area (Å²) in [6.07, 6.45) is -11.8. The molecule has 0 unspecified atom stereocenters. The molecule has 0 radical (unpaired) electrons. The van der Waals surface area contributed by atoms with Crippen molar-refractivity contribution in [1.29, 1.82) is 0 Å². The number of benzene rings is 2. The summed E-state index contributed by atoms with van der Waals surface area (Å²) in [6, 6.07) is 3.99. The molecule has 7 nitrogen and oxygen atoms in total. The number of sulfonamides is 1. The SMILES string of the molecule is C[C@@H](COc1cc2c(cc1C(F)(F)F)N(c1ccc(F)cc1)C[C@H](CCC(F)(F)F)N(C)S2(=O)=O)C(=O)O. The maximum Gasteiger partial charge on any atom is 0.420 e. The number of rotatable bonds is 7. The Labute approximate surface area is 213 Å². The van der Waals surface area contributed by atoms with Crippen LogP contribution in [0.3, 0.4) is 0 Å². The van der Waals surface area contributed by atoms with Gasteiger partial charge in [-0.2, -0.15) is 30.6 Å². The third kappa shape index (κ3) is 6.49. The van der Waals surface area contributed by atoms with Gasteiger partial charge in [0.15, 0.2) is 0 Å². The lowest BCUT2D eigenvalue weighted by molar-refractivity contribution is -0.142. The average molecular weight is 572 g/mol. The van der Waals surface area contributed by atoms with Gasteiger partial charge in [-0.15, -0.1) is 0 Å². The van der Waals surface area contributed by atoms with Gasteiger partial charge in [-0.05, 0) is 43.7 Å². The smallest absolute Gasteiger partial charge is 0.420 e. The first-order chi connectivity index (χ1) is 17.4. The van der Waals surface area contributed by atoms with Crippen LogP contribution < -0.4 is 9.64 Å². The lowest BCUT2D eigenvalue weighted by Crippen LogP contribution is -2.41. The van der Waals surface area contributed by atoms with Crippen LogP contribution in [0.15, 0.2) is 41.3 Å². The number of ether oxygens (including phenoxy) is 1. The minimum Gasteiger partial charge on any atom is -0.492 e. The van der Waals surface area contributed by atoms with Crippen LogP contribution in [0.1, 0.15) is 25.3 Å². The zero-order chi connectivity index (χ0) is 28.6. The molecule has 0 aromatic heterocycles. The first-order valence-corrected chi connectivity index (χ1v) is 12.5. The molecular formula is C23H23F7N2O5S. The van der Waals surface area contributed by atoms with Crippen molar-refractivity contribution in [1.82, 2.24) is 4.31 Å². The van der Waals surface area contributed by atoms with E-state index >= 15 is 0 Å². The minimum absolute atomic E-state index is 0.0384. The highest BCUT2D eigenvalue weighted by molar-refractivity contribution is 7.89. The second kappa shape index (κ2) is 10.6. The summed E-state index contributed by atoms with van der Waals surface area (Å²) in [6.45, 7) is -0.0218. The van der Waals surface area contributed by atoms with Gasteiger partial charge in [0.25, 0.3) is 0 Å². The Morgan fingerprint density at radius 3 is 2.26 bits per heavy atom. The molecule has 3 rings (SSSR count). The number of alkyl halides is 6. The molecule has 210 valence electrons. The summed E-state index contributed by atoms with van der Waals surface area (Å²) >= 11 is 0. The molecule has 38 heavy (non-hydrogen) atoms. The summed E-state index contributed by atoms with van der Waals surface area (Å²) in [4.78, 5) is 11.5. The molecule has 2 atom stereocenters. The fourth-order valence-electron chi connectivity index (χ4n) is 3.84. The van der Waals surface area contributed by atoms with Crippen molar-refractivity contribution in [3.8, 4) is 5.75 Å². The summed E-state index contributed by atoms with van der Waals surface area (Å²) < 4.78 is 127. The molecule has 0 saturated carbocycles. The highest BCUT2D eigenvalue weighted by atomic mass is 32.2. The monoisotopic (exact) mass is 572 g/mol. The summed E-state index contributed by atoms with van der Waals surface area (Å²) in [7, 11) is -3.66. The van der Waals surface area contributed by atoms with E-state index < -0.39 is 94.0 Å². The van der Waals surface area contributed by atoms with Gasteiger partial charge in [0.05, 0.1) is 17.2 Å². The van der Waals surface area contributed by atoms with E-state index in [-0.39, 0.29) is 5.69 Å². The Hall–Kier alpha value is -3.07. The van der Waals surface area contributed by atoms with E-state index in [1.165, 1.54) is 6.92 Å². The summed E-state index contributed by atoms with van der Waals surface area (Å²) in [5.41, 5.74) is -1.90. The molecule has 0 spiro atoms. The van der Waals surface area contributed by atoms with Gasteiger partial charge in [-0.1, -0.05) is 0 Å². The van der Waals surface area contributed by atoms with Crippen LogP contribution in [0.5, 0.6) is 5.75 Å². The molecule has 1 heterocycles. The fourth-order valence-corrected chi connectivity index (χ4v) is 5.40. The number of carbonyl (C=O) groups is 1. The molecule has 0 fully saturated rings. The van der Waals surface area contributed by atoms with Crippen LogP contribution in [0.25, 0.3) is 0 Å². The van der Waals surface area contributed by atoms with Gasteiger partial charge in [0, 0.05) is 37.8 Å². The van der Waals surface area contributed by atoms with E-state index in [2.05, 4.69) is 0 Å². The van der Waals surface area contributed by atoms with Crippen molar-refractivity contribution in [2.45, 2.75) is 43.1 Å². The lowest BCUT2D eigenvalue weighted by atomic mass is 10.1. The van der Waals surface area contributed by atoms with Crippen molar-refractivity contribution in [3.05, 3.63) is 47.8 Å². The Morgan fingerprint density at radius 2 is 1.74 bits per heavy atom. The number of likely N-dealkylation sites (N-methyl/N-ethyl adjacent to an activating group) is 1. The lowest BCUT2D eigenvalue weighted by Gasteiger charge is -2.30. The largest absolute Gasteiger partial charge is 0.492 e. The number of aliphatic carboxylic acids is 1. The molecule has 2 aromatic carbocycles. The molecule has 15 heteroatoms. The van der Waals surface area contributed by atoms with Crippen molar-refractivity contribution in [2.24, 2.45) is 5.92 Å². The van der Waals surface area contributed by atoms with E-state index in [1.54, 1.807) is 0 Å². The number of carboxylic acids is 1. The minimum atomic E-state index is -5.08. The molecule has 0 aliphatic carbocycles. The number of carboxylic acid groups (broad SMARTS) is 1. The Balaban J connectivity index is 2.25. The van der Waals surface area contributed by atoms with Gasteiger partial charge in [0.2, 0.25) is 10.0 Å². The maximum absolute atomic E-state index is 14.0. The van der Waals surface area contributed by atoms with Crippen LogP contribution in [0, 0.1) is 11.7 Å². The molecule has 0 saturated heterocycles. The molecule has 1 N–H and O–H groups in total. The highest BCUT2D eigenvalue weighted by Crippen LogP contribution is 2.46. The zero-order valence-electron chi connectivity index (χ0n) is 20.0. The standard InChI is InChI=1S/C23H23F7N2O5S/c1-13(21(33)34)12-37-19-10-20-18(9-17(19)23(28,29)30)32(15-5-3-14(24)4-6-15)11-16(7-8-22(25,26)27)31(2)38(20,35)36/h3-6,9-10,13,16H,7-8,11-12H2,1-2H3,(H,33,34)/t13-,16-/m0/s1. The number of halogens is 7. The first-order valence-electron chi connectivity index (χ1n) is 11.1. The summed E-state index contributed by atoms with van der Waals surface area (Å²) in [5, 5.41) is 9.04. The first kappa shape index (κ1) is 29.5. The van der Waals surface area contributed by atoms with E-state index in [1.807, 2.05) is 0 Å². The molecule has 1 aliphatic rings. The highest BCUT2D eigenvalue weighted by Gasteiger charge is 2.43. The zero-order valence-corrected chi connectivity index (χ0v) is 20.8. The number of hydrogen-bond donors (Lipinski definition) is 1. The van der Waals surface area contributed by atoms with Crippen LogP contribution in [-0.2, 0) is 21.0 Å². The van der Waals surface area contributed by atoms with Crippen LogP contribution in [0.2, 0.25) is 0 Å². The van der Waals surface area contributed by atoms with Crippen LogP contribution in [0.4, 0.5) is 42.1 Å². The number of anilines is 2. The second-order valence-electron chi connectivity index (χ2n) is 8.78. The number of fused-ring (bicyclic) bond motifs is 1. The van der Waals surface area contributed by atoms with Crippen molar-refractivity contribution in [2.75, 3.05) is 25.1 Å². The third-order valence-corrected chi connectivity index (χ3v) is 7.97. The van der Waals surface area contributed by atoms with Crippen molar-refractivity contribution < 1.29 is 53.8 Å². The Bertz CT molecular complexity index is 1280. The topological polar surface area (TPSA) is 87.2 Å². The molecule has 0 bridgehead atoms. The average Bonchev–Trinajstić information content (AvgIpc) is 2.88. The second-order valence-corrected chi connectivity index (χ2v) is 10.7. The molecule has 2 aromatic rings. The Kier molecular flexibility index (Phi) is 8.22. The summed E-state index contributed by atoms with van der Waals surface area (Å²) in [5.74, 6) is -4.27. The van der Waals surface area contributed by atoms with Gasteiger partial charge in [-0.25, -0.2) is 12.8 Å². The van der Waals surface area contributed by atoms with E-state index in [4.69, 9.17) is 9.84 Å².